The summed E-state index contributed by atoms with van der Waals surface area (Å²) in [6, 6.07) is 6.97. The summed E-state index contributed by atoms with van der Waals surface area (Å²) >= 11 is 1.36. The molecule has 0 aliphatic rings. The molecule has 2 amide bonds. The van der Waals surface area contributed by atoms with E-state index in [4.69, 9.17) is 5.73 Å². The first kappa shape index (κ1) is 17.1. The van der Waals surface area contributed by atoms with Gasteiger partial charge in [-0.05, 0) is 30.2 Å². The molecule has 0 bridgehead atoms. The lowest BCUT2D eigenvalue weighted by atomic mass is 10.1. The molecule has 2 aromatic rings. The Morgan fingerprint density at radius 1 is 1.17 bits per heavy atom. The Balaban J connectivity index is 1.94. The summed E-state index contributed by atoms with van der Waals surface area (Å²) in [7, 11) is 0. The van der Waals surface area contributed by atoms with Gasteiger partial charge in [0.15, 0.2) is 0 Å². The first-order chi connectivity index (χ1) is 11.0. The molecule has 0 aliphatic carbocycles. The van der Waals surface area contributed by atoms with Gasteiger partial charge < -0.3 is 16.4 Å². The highest BCUT2D eigenvalue weighted by atomic mass is 32.1. The van der Waals surface area contributed by atoms with Crippen molar-refractivity contribution in [2.24, 2.45) is 11.7 Å². The Kier molecular flexibility index (Phi) is 5.84. The minimum absolute atomic E-state index is 0.0198. The van der Waals surface area contributed by atoms with Crippen LogP contribution >= 0.6 is 11.3 Å². The lowest BCUT2D eigenvalue weighted by Gasteiger charge is -2.08. The van der Waals surface area contributed by atoms with Gasteiger partial charge in [0.05, 0.1) is 0 Å². The monoisotopic (exact) mass is 332 g/mol. The fraction of sp³-hybridized carbons (Fsp3) is 0.312. The van der Waals surface area contributed by atoms with E-state index in [1.54, 1.807) is 29.6 Å². The highest BCUT2D eigenvalue weighted by Crippen LogP contribution is 2.16. The zero-order valence-electron chi connectivity index (χ0n) is 13.1. The maximum atomic E-state index is 12.0. The highest BCUT2D eigenvalue weighted by molar-refractivity contribution is 7.09. The van der Waals surface area contributed by atoms with Gasteiger partial charge in [-0.25, -0.2) is 4.98 Å². The van der Waals surface area contributed by atoms with Crippen molar-refractivity contribution < 1.29 is 9.59 Å². The van der Waals surface area contributed by atoms with Crippen LogP contribution in [0.25, 0.3) is 0 Å². The Hall–Kier alpha value is -2.25. The molecule has 0 fully saturated rings. The lowest BCUT2D eigenvalue weighted by molar-refractivity contribution is -0.116. The van der Waals surface area contributed by atoms with Crippen molar-refractivity contribution in [3.8, 4) is 0 Å². The van der Waals surface area contributed by atoms with E-state index in [0.717, 1.165) is 5.01 Å². The second-order valence-electron chi connectivity index (χ2n) is 5.51. The third-order valence-corrected chi connectivity index (χ3v) is 3.85. The second-order valence-corrected chi connectivity index (χ2v) is 6.45. The van der Waals surface area contributed by atoms with Crippen LogP contribution in [0.15, 0.2) is 29.6 Å². The molecule has 0 unspecified atom stereocenters. The Morgan fingerprint density at radius 3 is 2.30 bits per heavy atom. The van der Waals surface area contributed by atoms with Crippen molar-refractivity contribution in [3.63, 3.8) is 0 Å². The topological polar surface area (TPSA) is 97.1 Å². The Morgan fingerprint density at radius 2 is 1.78 bits per heavy atom. The number of amides is 2. The van der Waals surface area contributed by atoms with Crippen LogP contribution < -0.4 is 16.4 Å². The van der Waals surface area contributed by atoms with Gasteiger partial charge in [-0.1, -0.05) is 13.8 Å². The Labute approximate surface area is 139 Å². The predicted octanol–water partition coefficient (Wildman–Crippen LogP) is 2.84. The predicted molar refractivity (Wildman–Crippen MR) is 92.5 cm³/mol. The number of nitrogens with one attached hydrogen (secondary N) is 2. The van der Waals surface area contributed by atoms with Gasteiger partial charge >= 0.3 is 0 Å². The third-order valence-electron chi connectivity index (χ3n) is 2.98. The maximum Gasteiger partial charge on any atom is 0.275 e. The van der Waals surface area contributed by atoms with Gasteiger partial charge in [-0.2, -0.15) is 0 Å². The van der Waals surface area contributed by atoms with Crippen molar-refractivity contribution in [2.45, 2.75) is 26.8 Å². The quantitative estimate of drug-likeness (QED) is 0.757. The molecule has 1 aromatic carbocycles. The molecule has 0 radical (unpaired) electrons. The molecule has 6 nitrogen and oxygen atoms in total. The summed E-state index contributed by atoms with van der Waals surface area (Å²) in [6.45, 7) is 4.31. The van der Waals surface area contributed by atoms with Crippen LogP contribution in [0.2, 0.25) is 0 Å². The van der Waals surface area contributed by atoms with Crippen LogP contribution in [0.4, 0.5) is 11.4 Å². The number of nitrogens with zero attached hydrogens (tertiary/aromatic N) is 1. The van der Waals surface area contributed by atoms with Crippen LogP contribution in [0, 0.1) is 5.92 Å². The summed E-state index contributed by atoms with van der Waals surface area (Å²) in [5.41, 5.74) is 7.18. The standard InChI is InChI=1S/C16H20N4O2S/c1-10(2)7-14(21)18-11-3-5-12(6-4-11)19-16(22)13-9-23-15(8-17)20-13/h3-6,9-10H,7-8,17H2,1-2H3,(H,18,21)(H,19,22). The summed E-state index contributed by atoms with van der Waals surface area (Å²) in [4.78, 5) is 27.9. The van der Waals surface area contributed by atoms with Crippen LogP contribution in [0.1, 0.15) is 35.8 Å². The van der Waals surface area contributed by atoms with E-state index >= 15 is 0 Å². The maximum absolute atomic E-state index is 12.0. The number of aromatic nitrogens is 1. The first-order valence-corrected chi connectivity index (χ1v) is 8.21. The van der Waals surface area contributed by atoms with E-state index in [-0.39, 0.29) is 11.8 Å². The molecule has 0 saturated carbocycles. The van der Waals surface area contributed by atoms with Gasteiger partial charge in [-0.15, -0.1) is 11.3 Å². The van der Waals surface area contributed by atoms with Crippen LogP contribution in [0.3, 0.4) is 0 Å². The zero-order chi connectivity index (χ0) is 16.8. The average Bonchev–Trinajstić information content (AvgIpc) is 2.97. The van der Waals surface area contributed by atoms with E-state index < -0.39 is 0 Å². The number of hydrogen-bond acceptors (Lipinski definition) is 5. The SMILES string of the molecule is CC(C)CC(=O)Nc1ccc(NC(=O)c2csc(CN)n2)cc1. The van der Waals surface area contributed by atoms with E-state index in [1.165, 1.54) is 11.3 Å². The number of hydrogen-bond donors (Lipinski definition) is 3. The first-order valence-electron chi connectivity index (χ1n) is 7.33. The number of benzene rings is 1. The number of nitrogens with two attached hydrogens (primary N) is 1. The average molecular weight is 332 g/mol. The summed E-state index contributed by atoms with van der Waals surface area (Å²) in [5, 5.41) is 7.98. The van der Waals surface area contributed by atoms with Crippen LogP contribution in [0.5, 0.6) is 0 Å². The van der Waals surface area contributed by atoms with Gasteiger partial charge in [0.1, 0.15) is 10.7 Å². The van der Waals surface area contributed by atoms with Crippen molar-refractivity contribution >= 4 is 34.5 Å². The second kappa shape index (κ2) is 7.85. The highest BCUT2D eigenvalue weighted by Gasteiger charge is 2.11. The Bertz CT molecular complexity index is 680. The normalized spacial score (nSPS) is 10.6. The molecule has 0 atom stereocenters. The molecule has 23 heavy (non-hydrogen) atoms. The van der Waals surface area contributed by atoms with E-state index in [2.05, 4.69) is 15.6 Å². The molecule has 4 N–H and O–H groups in total. The fourth-order valence-electron chi connectivity index (χ4n) is 1.92. The summed E-state index contributed by atoms with van der Waals surface area (Å²) < 4.78 is 0. The molecule has 0 spiro atoms. The van der Waals surface area contributed by atoms with Crippen molar-refractivity contribution in [1.82, 2.24) is 4.98 Å². The molecular weight excluding hydrogens is 312 g/mol. The molecule has 122 valence electrons. The molecule has 0 saturated heterocycles. The van der Waals surface area contributed by atoms with Gasteiger partial charge in [-0.3, -0.25) is 9.59 Å². The van der Waals surface area contributed by atoms with E-state index in [0.29, 0.717) is 36.0 Å². The molecule has 1 heterocycles. The summed E-state index contributed by atoms with van der Waals surface area (Å²) in [6.07, 6.45) is 0.478. The number of carbonyl (C=O) groups is 2. The number of thiazole rings is 1. The lowest BCUT2D eigenvalue weighted by Crippen LogP contribution is -2.14. The van der Waals surface area contributed by atoms with Crippen LogP contribution in [-0.2, 0) is 11.3 Å². The molecule has 2 rings (SSSR count). The number of carbonyl (C=O) groups excluding carboxylic acids is 2. The van der Waals surface area contributed by atoms with Crippen molar-refractivity contribution in [2.75, 3.05) is 10.6 Å². The minimum Gasteiger partial charge on any atom is -0.326 e. The molecular formula is C16H20N4O2S. The largest absolute Gasteiger partial charge is 0.326 e. The molecule has 7 heteroatoms. The van der Waals surface area contributed by atoms with E-state index in [1.807, 2.05) is 13.8 Å². The zero-order valence-corrected chi connectivity index (χ0v) is 13.9. The van der Waals surface area contributed by atoms with E-state index in [9.17, 15) is 9.59 Å². The van der Waals surface area contributed by atoms with Gasteiger partial charge in [0.2, 0.25) is 5.91 Å². The van der Waals surface area contributed by atoms with Gasteiger partial charge in [0.25, 0.3) is 5.91 Å². The van der Waals surface area contributed by atoms with Crippen molar-refractivity contribution in [1.29, 1.82) is 0 Å². The number of rotatable bonds is 6. The summed E-state index contributed by atoms with van der Waals surface area (Å²) in [5.74, 6) is 0.0104. The third kappa shape index (κ3) is 5.15. The van der Waals surface area contributed by atoms with Crippen molar-refractivity contribution in [3.05, 3.63) is 40.3 Å². The number of anilines is 2. The molecule has 1 aromatic heterocycles. The molecule has 0 aliphatic heterocycles. The fourth-order valence-corrected chi connectivity index (χ4v) is 2.58. The smallest absolute Gasteiger partial charge is 0.275 e. The van der Waals surface area contributed by atoms with Gasteiger partial charge in [0, 0.05) is 29.7 Å². The minimum atomic E-state index is -0.280. The van der Waals surface area contributed by atoms with Crippen LogP contribution in [-0.4, -0.2) is 16.8 Å².